The van der Waals surface area contributed by atoms with E-state index in [2.05, 4.69) is 15.5 Å². The predicted octanol–water partition coefficient (Wildman–Crippen LogP) is 2.72. The van der Waals surface area contributed by atoms with Gasteiger partial charge in [-0.25, -0.2) is 8.78 Å². The fraction of sp³-hybridized carbons (Fsp3) is 0.357. The third-order valence-electron chi connectivity index (χ3n) is 3.05. The molecule has 0 bridgehead atoms. The van der Waals surface area contributed by atoms with Gasteiger partial charge < -0.3 is 5.32 Å². The van der Waals surface area contributed by atoms with Crippen molar-refractivity contribution >= 4 is 0 Å². The Morgan fingerprint density at radius 3 is 2.79 bits per heavy atom. The highest BCUT2D eigenvalue weighted by Gasteiger charge is 2.02. The molecular weight excluding hydrogens is 248 g/mol. The van der Waals surface area contributed by atoms with Crippen LogP contribution in [0.15, 0.2) is 24.4 Å². The van der Waals surface area contributed by atoms with Crippen LogP contribution in [-0.4, -0.2) is 16.7 Å². The number of hydrogen-bond donors (Lipinski definition) is 2. The molecule has 1 heterocycles. The maximum Gasteiger partial charge on any atom is 0.159 e. The fourth-order valence-electron chi connectivity index (χ4n) is 1.91. The first-order chi connectivity index (χ1) is 9.16. The largest absolute Gasteiger partial charge is 0.313 e. The zero-order valence-electron chi connectivity index (χ0n) is 10.8. The van der Waals surface area contributed by atoms with Gasteiger partial charge in [-0.05, 0) is 49.6 Å². The SMILES string of the molecule is Cc1[nH]ncc1CCCNCc1ccc(F)c(F)c1. The summed E-state index contributed by atoms with van der Waals surface area (Å²) in [5.41, 5.74) is 3.06. The van der Waals surface area contributed by atoms with Crippen LogP contribution in [0.1, 0.15) is 23.2 Å². The minimum absolute atomic E-state index is 0.543. The van der Waals surface area contributed by atoms with Crippen molar-refractivity contribution < 1.29 is 8.78 Å². The number of nitrogens with zero attached hydrogens (tertiary/aromatic N) is 1. The first-order valence-electron chi connectivity index (χ1n) is 6.30. The van der Waals surface area contributed by atoms with E-state index in [0.717, 1.165) is 36.7 Å². The maximum atomic E-state index is 13.0. The number of aryl methyl sites for hydroxylation is 2. The molecule has 2 aromatic rings. The molecule has 19 heavy (non-hydrogen) atoms. The lowest BCUT2D eigenvalue weighted by Gasteiger charge is -2.05. The Morgan fingerprint density at radius 2 is 2.11 bits per heavy atom. The molecule has 2 N–H and O–H groups in total. The monoisotopic (exact) mass is 265 g/mol. The summed E-state index contributed by atoms with van der Waals surface area (Å²) in [5.74, 6) is -1.60. The van der Waals surface area contributed by atoms with Crippen molar-refractivity contribution in [2.75, 3.05) is 6.54 Å². The van der Waals surface area contributed by atoms with E-state index in [1.54, 1.807) is 6.07 Å². The molecule has 0 aliphatic heterocycles. The molecule has 0 fully saturated rings. The molecule has 0 radical (unpaired) electrons. The number of H-pyrrole nitrogens is 1. The van der Waals surface area contributed by atoms with Crippen molar-refractivity contribution in [3.63, 3.8) is 0 Å². The van der Waals surface area contributed by atoms with Gasteiger partial charge in [-0.2, -0.15) is 5.10 Å². The second kappa shape index (κ2) is 6.43. The van der Waals surface area contributed by atoms with Gasteiger partial charge in [0.25, 0.3) is 0 Å². The van der Waals surface area contributed by atoms with E-state index in [1.807, 2.05) is 13.1 Å². The highest BCUT2D eigenvalue weighted by atomic mass is 19.2. The number of hydrogen-bond acceptors (Lipinski definition) is 2. The summed E-state index contributed by atoms with van der Waals surface area (Å²) < 4.78 is 25.7. The Hall–Kier alpha value is -1.75. The van der Waals surface area contributed by atoms with E-state index in [4.69, 9.17) is 0 Å². The van der Waals surface area contributed by atoms with Gasteiger partial charge in [0, 0.05) is 12.2 Å². The topological polar surface area (TPSA) is 40.7 Å². The Morgan fingerprint density at radius 1 is 1.26 bits per heavy atom. The quantitative estimate of drug-likeness (QED) is 0.788. The number of aromatic nitrogens is 2. The molecule has 0 aliphatic carbocycles. The van der Waals surface area contributed by atoms with Crippen molar-refractivity contribution in [1.29, 1.82) is 0 Å². The molecule has 3 nitrogen and oxygen atoms in total. The molecule has 2 rings (SSSR count). The lowest BCUT2D eigenvalue weighted by atomic mass is 10.1. The molecule has 1 aromatic heterocycles. The number of rotatable bonds is 6. The summed E-state index contributed by atoms with van der Waals surface area (Å²) in [6, 6.07) is 3.97. The molecule has 0 unspecified atom stereocenters. The Balaban J connectivity index is 1.69. The van der Waals surface area contributed by atoms with Crippen LogP contribution in [-0.2, 0) is 13.0 Å². The van der Waals surface area contributed by atoms with E-state index in [1.165, 1.54) is 11.6 Å². The molecular formula is C14H17F2N3. The molecule has 0 atom stereocenters. The fourth-order valence-corrected chi connectivity index (χ4v) is 1.91. The molecule has 0 spiro atoms. The predicted molar refractivity (Wildman–Crippen MR) is 69.7 cm³/mol. The summed E-state index contributed by atoms with van der Waals surface area (Å²) in [6.07, 6.45) is 3.77. The molecule has 1 aromatic carbocycles. The highest BCUT2D eigenvalue weighted by molar-refractivity contribution is 5.17. The molecule has 0 saturated carbocycles. The average Bonchev–Trinajstić information content (AvgIpc) is 2.79. The molecule has 5 heteroatoms. The Bertz CT molecular complexity index is 537. The normalized spacial score (nSPS) is 10.9. The lowest BCUT2D eigenvalue weighted by Crippen LogP contribution is -2.15. The zero-order chi connectivity index (χ0) is 13.7. The minimum Gasteiger partial charge on any atom is -0.313 e. The van der Waals surface area contributed by atoms with Gasteiger partial charge in [0.05, 0.1) is 6.20 Å². The van der Waals surface area contributed by atoms with Crippen LogP contribution in [0.2, 0.25) is 0 Å². The van der Waals surface area contributed by atoms with E-state index in [0.29, 0.717) is 6.54 Å². The van der Waals surface area contributed by atoms with Gasteiger partial charge in [-0.1, -0.05) is 6.07 Å². The van der Waals surface area contributed by atoms with Crippen LogP contribution >= 0.6 is 0 Å². The Kier molecular flexibility index (Phi) is 4.63. The van der Waals surface area contributed by atoms with Gasteiger partial charge in [0.1, 0.15) is 0 Å². The first kappa shape index (κ1) is 13.7. The number of nitrogens with one attached hydrogen (secondary N) is 2. The van der Waals surface area contributed by atoms with Gasteiger partial charge in [-0.3, -0.25) is 5.10 Å². The van der Waals surface area contributed by atoms with Crippen molar-refractivity contribution in [2.24, 2.45) is 0 Å². The summed E-state index contributed by atoms with van der Waals surface area (Å²) in [7, 11) is 0. The van der Waals surface area contributed by atoms with Crippen molar-refractivity contribution in [3.8, 4) is 0 Å². The van der Waals surface area contributed by atoms with E-state index in [9.17, 15) is 8.78 Å². The van der Waals surface area contributed by atoms with Gasteiger partial charge in [0.2, 0.25) is 0 Å². The van der Waals surface area contributed by atoms with Crippen molar-refractivity contribution in [2.45, 2.75) is 26.3 Å². The smallest absolute Gasteiger partial charge is 0.159 e. The van der Waals surface area contributed by atoms with E-state index in [-0.39, 0.29) is 0 Å². The molecule has 0 saturated heterocycles. The number of aromatic amines is 1. The second-order valence-electron chi connectivity index (χ2n) is 4.55. The zero-order valence-corrected chi connectivity index (χ0v) is 10.8. The van der Waals surface area contributed by atoms with Crippen LogP contribution in [0.5, 0.6) is 0 Å². The van der Waals surface area contributed by atoms with Crippen LogP contribution in [0.25, 0.3) is 0 Å². The second-order valence-corrected chi connectivity index (χ2v) is 4.55. The van der Waals surface area contributed by atoms with Gasteiger partial charge >= 0.3 is 0 Å². The molecule has 0 aliphatic rings. The number of halogens is 2. The summed E-state index contributed by atoms with van der Waals surface area (Å²) in [5, 5.41) is 10.1. The van der Waals surface area contributed by atoms with E-state index < -0.39 is 11.6 Å². The van der Waals surface area contributed by atoms with Crippen LogP contribution < -0.4 is 5.32 Å². The van der Waals surface area contributed by atoms with Gasteiger partial charge in [-0.15, -0.1) is 0 Å². The highest BCUT2D eigenvalue weighted by Crippen LogP contribution is 2.08. The Labute approximate surface area is 111 Å². The molecule has 102 valence electrons. The molecule has 0 amide bonds. The van der Waals surface area contributed by atoms with E-state index >= 15 is 0 Å². The van der Waals surface area contributed by atoms with Crippen LogP contribution in [0.4, 0.5) is 8.78 Å². The van der Waals surface area contributed by atoms with Gasteiger partial charge in [0.15, 0.2) is 11.6 Å². The standard InChI is InChI=1S/C14H17F2N3/c1-10-12(9-18-19-10)3-2-6-17-8-11-4-5-13(15)14(16)7-11/h4-5,7,9,17H,2-3,6,8H2,1H3,(H,18,19). The lowest BCUT2D eigenvalue weighted by molar-refractivity contribution is 0.506. The third-order valence-corrected chi connectivity index (χ3v) is 3.05. The third kappa shape index (κ3) is 3.86. The number of benzene rings is 1. The maximum absolute atomic E-state index is 13.0. The van der Waals surface area contributed by atoms with Crippen LogP contribution in [0, 0.1) is 18.6 Å². The minimum atomic E-state index is -0.806. The summed E-state index contributed by atoms with van der Waals surface area (Å²) >= 11 is 0. The first-order valence-corrected chi connectivity index (χ1v) is 6.30. The van der Waals surface area contributed by atoms with Crippen LogP contribution in [0.3, 0.4) is 0 Å². The van der Waals surface area contributed by atoms with Crippen molar-refractivity contribution in [1.82, 2.24) is 15.5 Å². The van der Waals surface area contributed by atoms with Crippen molar-refractivity contribution in [3.05, 3.63) is 52.9 Å². The summed E-state index contributed by atoms with van der Waals surface area (Å²) in [4.78, 5) is 0. The summed E-state index contributed by atoms with van der Waals surface area (Å²) in [6.45, 7) is 3.36. The average molecular weight is 265 g/mol.